The van der Waals surface area contributed by atoms with Gasteiger partial charge in [-0.05, 0) is 56.7 Å². The van der Waals surface area contributed by atoms with Crippen LogP contribution in [-0.4, -0.2) is 24.8 Å². The summed E-state index contributed by atoms with van der Waals surface area (Å²) in [7, 11) is 1.56. The summed E-state index contributed by atoms with van der Waals surface area (Å²) in [6.45, 7) is 4.02. The first-order valence-electron chi connectivity index (χ1n) is 7.06. The molecule has 0 radical (unpaired) electrons. The molecule has 0 bridgehead atoms. The standard InChI is InChI=1S/C16H21ClO4/c1-16(2,15(18)19)8-11-6-12(17)14(13(7-11)20-3)21-9-10-4-5-10/h6-7,10H,4-5,8-9H2,1-3H3,(H,18,19). The summed E-state index contributed by atoms with van der Waals surface area (Å²) in [4.78, 5) is 11.2. The van der Waals surface area contributed by atoms with Crippen molar-refractivity contribution in [3.05, 3.63) is 22.7 Å². The second kappa shape index (κ2) is 6.14. The van der Waals surface area contributed by atoms with Crippen molar-refractivity contribution in [1.29, 1.82) is 0 Å². The summed E-state index contributed by atoms with van der Waals surface area (Å²) >= 11 is 6.27. The maximum atomic E-state index is 11.2. The second-order valence-corrected chi connectivity index (χ2v) is 6.64. The van der Waals surface area contributed by atoms with Crippen molar-refractivity contribution in [3.63, 3.8) is 0 Å². The summed E-state index contributed by atoms with van der Waals surface area (Å²) in [6, 6.07) is 3.57. The average Bonchev–Trinajstić information content (AvgIpc) is 3.20. The topological polar surface area (TPSA) is 55.8 Å². The predicted octanol–water partition coefficient (Wildman–Crippen LogP) is 3.79. The first-order chi connectivity index (χ1) is 9.83. The third-order valence-electron chi connectivity index (χ3n) is 3.67. The highest BCUT2D eigenvalue weighted by Gasteiger charge is 2.28. The van der Waals surface area contributed by atoms with E-state index < -0.39 is 11.4 Å². The lowest BCUT2D eigenvalue weighted by Crippen LogP contribution is -2.26. The summed E-state index contributed by atoms with van der Waals surface area (Å²) < 4.78 is 11.1. The van der Waals surface area contributed by atoms with Gasteiger partial charge in [-0.25, -0.2) is 0 Å². The molecule has 1 fully saturated rings. The van der Waals surface area contributed by atoms with E-state index in [-0.39, 0.29) is 0 Å². The Morgan fingerprint density at radius 2 is 2.10 bits per heavy atom. The molecular weight excluding hydrogens is 292 g/mol. The number of hydrogen-bond donors (Lipinski definition) is 1. The van der Waals surface area contributed by atoms with E-state index in [0.717, 1.165) is 5.56 Å². The summed E-state index contributed by atoms with van der Waals surface area (Å²) in [5, 5.41) is 9.68. The summed E-state index contributed by atoms with van der Waals surface area (Å²) in [5.41, 5.74) is -0.0342. The summed E-state index contributed by atoms with van der Waals surface area (Å²) in [6.07, 6.45) is 2.77. The number of ether oxygens (including phenoxy) is 2. The highest BCUT2D eigenvalue weighted by atomic mass is 35.5. The van der Waals surface area contributed by atoms with Gasteiger partial charge < -0.3 is 14.6 Å². The Kier molecular flexibility index (Phi) is 4.67. The number of hydrogen-bond acceptors (Lipinski definition) is 3. The number of carboxylic acids is 1. The zero-order chi connectivity index (χ0) is 15.6. The lowest BCUT2D eigenvalue weighted by molar-refractivity contribution is -0.146. The van der Waals surface area contributed by atoms with E-state index in [1.807, 2.05) is 0 Å². The molecule has 116 valence electrons. The first-order valence-corrected chi connectivity index (χ1v) is 7.44. The van der Waals surface area contributed by atoms with Crippen LogP contribution in [0, 0.1) is 11.3 Å². The maximum absolute atomic E-state index is 11.2. The molecule has 0 atom stereocenters. The first kappa shape index (κ1) is 16.0. The van der Waals surface area contributed by atoms with Crippen LogP contribution < -0.4 is 9.47 Å². The third-order valence-corrected chi connectivity index (χ3v) is 3.96. The molecule has 0 spiro atoms. The lowest BCUT2D eigenvalue weighted by Gasteiger charge is -2.20. The van der Waals surface area contributed by atoms with Crippen LogP contribution in [0.15, 0.2) is 12.1 Å². The van der Waals surface area contributed by atoms with Gasteiger partial charge in [-0.3, -0.25) is 4.79 Å². The molecule has 1 aliphatic rings. The van der Waals surface area contributed by atoms with E-state index in [1.54, 1.807) is 33.1 Å². The third kappa shape index (κ3) is 4.03. The molecule has 0 aromatic heterocycles. The summed E-state index contributed by atoms with van der Waals surface area (Å²) in [5.74, 6) is 0.880. The van der Waals surface area contributed by atoms with Crippen molar-refractivity contribution in [2.45, 2.75) is 33.1 Å². The highest BCUT2D eigenvalue weighted by Crippen LogP contribution is 2.39. The average molecular weight is 313 g/mol. The molecule has 5 heteroatoms. The molecule has 1 N–H and O–H groups in total. The van der Waals surface area contributed by atoms with E-state index in [4.69, 9.17) is 21.1 Å². The Hall–Kier alpha value is -1.42. The van der Waals surface area contributed by atoms with Crippen LogP contribution in [0.25, 0.3) is 0 Å². The molecule has 0 unspecified atom stereocenters. The van der Waals surface area contributed by atoms with Gasteiger partial charge in [0.15, 0.2) is 11.5 Å². The molecule has 21 heavy (non-hydrogen) atoms. The Morgan fingerprint density at radius 3 is 2.62 bits per heavy atom. The molecule has 0 amide bonds. The van der Waals surface area contributed by atoms with Gasteiger partial charge in [0.1, 0.15) is 0 Å². The molecule has 0 heterocycles. The quantitative estimate of drug-likeness (QED) is 0.832. The molecule has 1 aromatic carbocycles. The molecule has 1 aliphatic carbocycles. The maximum Gasteiger partial charge on any atom is 0.309 e. The van der Waals surface area contributed by atoms with Crippen LogP contribution in [-0.2, 0) is 11.2 Å². The van der Waals surface area contributed by atoms with Crippen LogP contribution in [0.5, 0.6) is 11.5 Å². The van der Waals surface area contributed by atoms with E-state index in [1.165, 1.54) is 12.8 Å². The van der Waals surface area contributed by atoms with E-state index >= 15 is 0 Å². The Bertz CT molecular complexity index is 535. The van der Waals surface area contributed by atoms with Gasteiger partial charge in [-0.15, -0.1) is 0 Å². The Balaban J connectivity index is 2.20. The van der Waals surface area contributed by atoms with Crippen molar-refractivity contribution >= 4 is 17.6 Å². The van der Waals surface area contributed by atoms with Crippen LogP contribution >= 0.6 is 11.6 Å². The van der Waals surface area contributed by atoms with Gasteiger partial charge in [-0.2, -0.15) is 0 Å². The van der Waals surface area contributed by atoms with Gasteiger partial charge >= 0.3 is 5.97 Å². The van der Waals surface area contributed by atoms with E-state index in [0.29, 0.717) is 35.5 Å². The van der Waals surface area contributed by atoms with Crippen LogP contribution in [0.3, 0.4) is 0 Å². The van der Waals surface area contributed by atoms with E-state index in [9.17, 15) is 9.90 Å². The number of aliphatic carboxylic acids is 1. The second-order valence-electron chi connectivity index (χ2n) is 6.23. The number of rotatable bonds is 7. The number of halogens is 1. The molecule has 1 aromatic rings. The normalized spacial score (nSPS) is 14.9. The van der Waals surface area contributed by atoms with Crippen molar-refractivity contribution < 1.29 is 19.4 Å². The van der Waals surface area contributed by atoms with Gasteiger partial charge in [0.2, 0.25) is 0 Å². The van der Waals surface area contributed by atoms with Gasteiger partial charge in [0.25, 0.3) is 0 Å². The molecular formula is C16H21ClO4. The van der Waals surface area contributed by atoms with Crippen LogP contribution in [0.4, 0.5) is 0 Å². The largest absolute Gasteiger partial charge is 0.493 e. The number of carboxylic acid groups (broad SMARTS) is 1. The smallest absolute Gasteiger partial charge is 0.309 e. The van der Waals surface area contributed by atoms with E-state index in [2.05, 4.69) is 0 Å². The Labute approximate surface area is 130 Å². The zero-order valence-electron chi connectivity index (χ0n) is 12.6. The fraction of sp³-hybridized carbons (Fsp3) is 0.562. The molecule has 1 saturated carbocycles. The zero-order valence-corrected chi connectivity index (χ0v) is 13.4. The lowest BCUT2D eigenvalue weighted by atomic mass is 9.86. The molecule has 2 rings (SSSR count). The minimum atomic E-state index is -0.856. The monoisotopic (exact) mass is 312 g/mol. The Morgan fingerprint density at radius 1 is 1.43 bits per heavy atom. The highest BCUT2D eigenvalue weighted by molar-refractivity contribution is 6.32. The van der Waals surface area contributed by atoms with Crippen molar-refractivity contribution in [2.24, 2.45) is 11.3 Å². The van der Waals surface area contributed by atoms with Gasteiger partial charge in [0.05, 0.1) is 24.2 Å². The van der Waals surface area contributed by atoms with Crippen molar-refractivity contribution in [2.75, 3.05) is 13.7 Å². The van der Waals surface area contributed by atoms with Crippen LogP contribution in [0.1, 0.15) is 32.3 Å². The fourth-order valence-electron chi connectivity index (χ4n) is 2.09. The molecule has 4 nitrogen and oxygen atoms in total. The minimum absolute atomic E-state index is 0.376. The number of methoxy groups -OCH3 is 1. The molecule has 0 saturated heterocycles. The predicted molar refractivity (Wildman–Crippen MR) is 81.3 cm³/mol. The van der Waals surface area contributed by atoms with Crippen molar-refractivity contribution in [1.82, 2.24) is 0 Å². The number of benzene rings is 1. The van der Waals surface area contributed by atoms with Gasteiger partial charge in [0, 0.05) is 0 Å². The minimum Gasteiger partial charge on any atom is -0.493 e. The SMILES string of the molecule is COc1cc(CC(C)(C)C(=O)O)cc(Cl)c1OCC1CC1. The van der Waals surface area contributed by atoms with Crippen molar-refractivity contribution in [3.8, 4) is 11.5 Å². The molecule has 0 aliphatic heterocycles. The number of carbonyl (C=O) groups is 1. The fourth-order valence-corrected chi connectivity index (χ4v) is 2.37. The van der Waals surface area contributed by atoms with Gasteiger partial charge in [-0.1, -0.05) is 11.6 Å². The van der Waals surface area contributed by atoms with Crippen LogP contribution in [0.2, 0.25) is 5.02 Å².